The number of fused-ring (bicyclic) bond motifs is 1. The first-order chi connectivity index (χ1) is 19.5. The first-order valence-electron chi connectivity index (χ1n) is 13.7. The monoisotopic (exact) mass is 572 g/mol. The number of methoxy groups -OCH3 is 1. The van der Waals surface area contributed by atoms with Gasteiger partial charge in [-0.05, 0) is 71.4 Å². The van der Waals surface area contributed by atoms with E-state index in [1.165, 1.54) is 13.2 Å². The Bertz CT molecular complexity index is 1420. The Hall–Kier alpha value is -3.66. The molecule has 0 amide bonds. The zero-order chi connectivity index (χ0) is 29.3. The third-order valence-electron chi connectivity index (χ3n) is 7.95. The molecule has 5 rings (SSSR count). The van der Waals surface area contributed by atoms with Crippen LogP contribution in [0.25, 0.3) is 11.1 Å². The van der Waals surface area contributed by atoms with E-state index in [0.717, 1.165) is 42.1 Å². The molecule has 218 valence electrons. The van der Waals surface area contributed by atoms with Crippen molar-refractivity contribution >= 4 is 5.97 Å². The van der Waals surface area contributed by atoms with Crippen LogP contribution >= 0.6 is 0 Å². The summed E-state index contributed by atoms with van der Waals surface area (Å²) >= 11 is 0. The van der Waals surface area contributed by atoms with E-state index in [0.29, 0.717) is 29.2 Å². The number of aliphatic carboxylic acids is 1. The molecule has 2 aliphatic rings. The van der Waals surface area contributed by atoms with Gasteiger partial charge in [0.2, 0.25) is 5.88 Å². The number of rotatable bonds is 10. The summed E-state index contributed by atoms with van der Waals surface area (Å²) in [7, 11) is 1.40. The summed E-state index contributed by atoms with van der Waals surface area (Å²) in [6, 6.07) is 12.6. The van der Waals surface area contributed by atoms with Crippen LogP contribution in [0.2, 0.25) is 0 Å². The van der Waals surface area contributed by atoms with E-state index in [2.05, 4.69) is 10.3 Å². The lowest BCUT2D eigenvalue weighted by molar-refractivity contribution is -0.142. The number of benzene rings is 2. The molecule has 1 aliphatic heterocycles. The van der Waals surface area contributed by atoms with Crippen molar-refractivity contribution in [3.63, 3.8) is 0 Å². The number of aryl methyl sites for hydroxylation is 1. The molecule has 3 aromatic rings. The number of alkyl halides is 3. The standard InChI is InChI=1S/C31H32F4N2O4/c1-17(30(38)39)29(19-4-5-19)21-6-3-18-8-10-26(41-27(18)12-21)20-7-9-23(22(11-20)14-36-16-31(33,34)35)24-13-28(40-2)37-15-25(24)32/h3,6-7,9,11-13,15,17,19,26,29,36H,4-5,8,10,14,16H2,1-2H3,(H,38,39)/t17-,26+,29-/m0/s1. The van der Waals surface area contributed by atoms with Gasteiger partial charge in [0.15, 0.2) is 0 Å². The van der Waals surface area contributed by atoms with Gasteiger partial charge in [-0.25, -0.2) is 9.37 Å². The van der Waals surface area contributed by atoms with Crippen LogP contribution in [0.3, 0.4) is 0 Å². The molecule has 41 heavy (non-hydrogen) atoms. The second-order valence-corrected chi connectivity index (χ2v) is 10.8. The van der Waals surface area contributed by atoms with Crippen LogP contribution in [-0.2, 0) is 17.8 Å². The Balaban J connectivity index is 1.45. The van der Waals surface area contributed by atoms with Crippen molar-refractivity contribution in [1.29, 1.82) is 0 Å². The predicted octanol–water partition coefficient (Wildman–Crippen LogP) is 6.83. The highest BCUT2D eigenvalue weighted by atomic mass is 19.4. The minimum atomic E-state index is -4.40. The van der Waals surface area contributed by atoms with Crippen LogP contribution in [0.15, 0.2) is 48.7 Å². The molecule has 1 aromatic heterocycles. The normalized spacial score (nSPS) is 18.2. The lowest BCUT2D eigenvalue weighted by Gasteiger charge is -2.29. The number of pyridine rings is 1. The number of ether oxygens (including phenoxy) is 2. The molecular weight excluding hydrogens is 540 g/mol. The molecule has 2 aromatic carbocycles. The second kappa shape index (κ2) is 11.7. The topological polar surface area (TPSA) is 80.7 Å². The molecule has 2 heterocycles. The number of hydrogen-bond acceptors (Lipinski definition) is 5. The molecule has 0 radical (unpaired) electrons. The minimum absolute atomic E-state index is 0.0976. The van der Waals surface area contributed by atoms with Gasteiger partial charge in [0, 0.05) is 18.2 Å². The number of nitrogens with one attached hydrogen (secondary N) is 1. The van der Waals surface area contributed by atoms with Gasteiger partial charge in [0.05, 0.1) is 25.8 Å². The SMILES string of the molecule is COc1cc(-c2ccc([C@H]3CCc4ccc([C@H](C5CC5)[C@H](C)C(=O)O)cc4O3)cc2CNCC(F)(F)F)c(F)cn1. The number of halogens is 4. The zero-order valence-electron chi connectivity index (χ0n) is 22.8. The highest BCUT2D eigenvalue weighted by molar-refractivity contribution is 5.71. The van der Waals surface area contributed by atoms with Crippen molar-refractivity contribution in [2.45, 2.75) is 57.3 Å². The zero-order valence-corrected chi connectivity index (χ0v) is 22.8. The molecule has 1 aliphatic carbocycles. The van der Waals surface area contributed by atoms with Gasteiger partial charge in [-0.15, -0.1) is 0 Å². The van der Waals surface area contributed by atoms with Crippen molar-refractivity contribution in [2.24, 2.45) is 11.8 Å². The molecule has 0 unspecified atom stereocenters. The average molecular weight is 573 g/mol. The number of nitrogens with zero attached hydrogens (tertiary/aromatic N) is 1. The van der Waals surface area contributed by atoms with Gasteiger partial charge in [-0.2, -0.15) is 13.2 Å². The Labute approximate surface area is 235 Å². The molecule has 10 heteroatoms. The highest BCUT2D eigenvalue weighted by Gasteiger charge is 2.39. The summed E-state index contributed by atoms with van der Waals surface area (Å²) in [5.74, 6) is -0.853. The predicted molar refractivity (Wildman–Crippen MR) is 144 cm³/mol. The van der Waals surface area contributed by atoms with E-state index in [4.69, 9.17) is 9.47 Å². The molecular formula is C31H32F4N2O4. The lowest BCUT2D eigenvalue weighted by atomic mass is 9.82. The first-order valence-corrected chi connectivity index (χ1v) is 13.7. The summed E-state index contributed by atoms with van der Waals surface area (Å²) in [6.45, 7) is 0.410. The molecule has 3 atom stereocenters. The summed E-state index contributed by atoms with van der Waals surface area (Å²) in [5, 5.41) is 12.1. The summed E-state index contributed by atoms with van der Waals surface area (Å²) in [5.41, 5.74) is 3.80. The van der Waals surface area contributed by atoms with Crippen LogP contribution in [0.5, 0.6) is 11.6 Å². The van der Waals surface area contributed by atoms with Gasteiger partial charge < -0.3 is 19.9 Å². The summed E-state index contributed by atoms with van der Waals surface area (Å²) < 4.78 is 65.0. The Kier molecular flexibility index (Phi) is 8.22. The second-order valence-electron chi connectivity index (χ2n) is 10.8. The van der Waals surface area contributed by atoms with Crippen molar-refractivity contribution in [1.82, 2.24) is 10.3 Å². The third kappa shape index (κ3) is 6.64. The molecule has 0 bridgehead atoms. The fourth-order valence-corrected chi connectivity index (χ4v) is 5.71. The molecule has 0 spiro atoms. The minimum Gasteiger partial charge on any atom is -0.485 e. The van der Waals surface area contributed by atoms with Crippen LogP contribution in [-0.4, -0.2) is 35.9 Å². The molecule has 1 fully saturated rings. The Morgan fingerprint density at radius 1 is 1.15 bits per heavy atom. The number of carboxylic acids is 1. The van der Waals surface area contributed by atoms with Crippen LogP contribution in [0, 0.1) is 17.7 Å². The van der Waals surface area contributed by atoms with E-state index in [-0.39, 0.29) is 30.0 Å². The number of hydrogen-bond donors (Lipinski definition) is 2. The maximum atomic E-state index is 14.8. The first kappa shape index (κ1) is 28.9. The highest BCUT2D eigenvalue weighted by Crippen LogP contribution is 2.48. The quantitative estimate of drug-likeness (QED) is 0.259. The summed E-state index contributed by atoms with van der Waals surface area (Å²) in [6.07, 6.45) is -0.366. The molecule has 0 saturated heterocycles. The third-order valence-corrected chi connectivity index (χ3v) is 7.95. The Morgan fingerprint density at radius 3 is 2.61 bits per heavy atom. The van der Waals surface area contributed by atoms with Gasteiger partial charge in [0.25, 0.3) is 0 Å². The maximum absolute atomic E-state index is 14.8. The Morgan fingerprint density at radius 2 is 1.93 bits per heavy atom. The van der Waals surface area contributed by atoms with E-state index < -0.39 is 30.4 Å². The maximum Gasteiger partial charge on any atom is 0.401 e. The largest absolute Gasteiger partial charge is 0.485 e. The average Bonchev–Trinajstić information content (AvgIpc) is 3.77. The van der Waals surface area contributed by atoms with Crippen LogP contribution in [0.4, 0.5) is 17.6 Å². The van der Waals surface area contributed by atoms with Crippen molar-refractivity contribution in [3.05, 3.63) is 76.7 Å². The van der Waals surface area contributed by atoms with Gasteiger partial charge in [-0.1, -0.05) is 37.3 Å². The fourth-order valence-electron chi connectivity index (χ4n) is 5.71. The van der Waals surface area contributed by atoms with Gasteiger partial charge in [0.1, 0.15) is 17.7 Å². The molecule has 1 saturated carbocycles. The number of carbonyl (C=O) groups is 1. The molecule has 6 nitrogen and oxygen atoms in total. The lowest BCUT2D eigenvalue weighted by Crippen LogP contribution is -2.28. The van der Waals surface area contributed by atoms with Crippen molar-refractivity contribution in [3.8, 4) is 22.8 Å². The smallest absolute Gasteiger partial charge is 0.401 e. The number of aromatic nitrogens is 1. The van der Waals surface area contributed by atoms with E-state index in [1.807, 2.05) is 18.2 Å². The van der Waals surface area contributed by atoms with Crippen molar-refractivity contribution in [2.75, 3.05) is 13.7 Å². The van der Waals surface area contributed by atoms with E-state index >= 15 is 0 Å². The fraction of sp³-hybridized carbons (Fsp3) is 0.419. The molecule has 2 N–H and O–H groups in total. The van der Waals surface area contributed by atoms with Gasteiger partial charge in [-0.3, -0.25) is 4.79 Å². The number of carboxylic acid groups (broad SMARTS) is 1. The summed E-state index contributed by atoms with van der Waals surface area (Å²) in [4.78, 5) is 15.6. The van der Waals surface area contributed by atoms with Crippen molar-refractivity contribution < 1.29 is 36.9 Å². The van der Waals surface area contributed by atoms with Crippen LogP contribution < -0.4 is 14.8 Å². The van der Waals surface area contributed by atoms with Crippen LogP contribution in [0.1, 0.15) is 60.5 Å². The van der Waals surface area contributed by atoms with E-state index in [1.54, 1.807) is 25.1 Å². The van der Waals surface area contributed by atoms with E-state index in [9.17, 15) is 27.5 Å². The van der Waals surface area contributed by atoms with Gasteiger partial charge >= 0.3 is 12.1 Å².